The summed E-state index contributed by atoms with van der Waals surface area (Å²) in [7, 11) is 1.55. The molecule has 0 radical (unpaired) electrons. The first-order valence-corrected chi connectivity index (χ1v) is 5.90. The summed E-state index contributed by atoms with van der Waals surface area (Å²) in [5.41, 5.74) is 2.45. The number of aliphatic hydroxyl groups is 1. The highest BCUT2D eigenvalue weighted by atomic mass is 16.5. The molecule has 0 atom stereocenters. The van der Waals surface area contributed by atoms with E-state index in [1.54, 1.807) is 31.5 Å². The molecule has 100 valence electrons. The molecule has 1 heterocycles. The zero-order chi connectivity index (χ0) is 13.8. The number of aromatic nitrogens is 2. The Kier molecular flexibility index (Phi) is 3.97. The summed E-state index contributed by atoms with van der Waals surface area (Å²) in [5.74, 6) is 1.50. The maximum absolute atomic E-state index is 9.09. The fraction of sp³-hybridized carbons (Fsp3) is 0.286. The molecule has 0 amide bonds. The van der Waals surface area contributed by atoms with E-state index >= 15 is 0 Å². The quantitative estimate of drug-likeness (QED) is 0.914. The first-order valence-electron chi connectivity index (χ1n) is 5.90. The van der Waals surface area contributed by atoms with Crippen LogP contribution in [0.1, 0.15) is 17.0 Å². The third-order valence-electron chi connectivity index (χ3n) is 2.80. The van der Waals surface area contributed by atoms with E-state index in [2.05, 4.69) is 9.97 Å². The van der Waals surface area contributed by atoms with E-state index in [1.165, 1.54) is 0 Å². The van der Waals surface area contributed by atoms with Gasteiger partial charge in [-0.2, -0.15) is 0 Å². The molecule has 0 bridgehead atoms. The monoisotopic (exact) mass is 260 g/mol. The van der Waals surface area contributed by atoms with Crippen LogP contribution in [0.2, 0.25) is 0 Å². The van der Waals surface area contributed by atoms with E-state index in [1.807, 2.05) is 13.8 Å². The maximum atomic E-state index is 9.09. The normalized spacial score (nSPS) is 10.3. The van der Waals surface area contributed by atoms with E-state index in [0.29, 0.717) is 17.4 Å². The van der Waals surface area contributed by atoms with E-state index in [-0.39, 0.29) is 6.61 Å². The van der Waals surface area contributed by atoms with Gasteiger partial charge >= 0.3 is 0 Å². The molecule has 0 aliphatic rings. The molecule has 0 aliphatic heterocycles. The molecule has 0 saturated carbocycles. The number of methoxy groups -OCH3 is 1. The van der Waals surface area contributed by atoms with Crippen LogP contribution >= 0.6 is 0 Å². The van der Waals surface area contributed by atoms with Crippen LogP contribution < -0.4 is 9.47 Å². The van der Waals surface area contributed by atoms with Crippen LogP contribution in [-0.4, -0.2) is 22.2 Å². The molecule has 1 aromatic heterocycles. The third kappa shape index (κ3) is 3.00. The van der Waals surface area contributed by atoms with Crippen molar-refractivity contribution in [2.75, 3.05) is 7.11 Å². The third-order valence-corrected chi connectivity index (χ3v) is 2.80. The maximum Gasteiger partial charge on any atom is 0.238 e. The van der Waals surface area contributed by atoms with Gasteiger partial charge < -0.3 is 14.6 Å². The van der Waals surface area contributed by atoms with Crippen LogP contribution in [0, 0.1) is 13.8 Å². The Bertz CT molecular complexity index is 585. The molecule has 5 nitrogen and oxygen atoms in total. The summed E-state index contributed by atoms with van der Waals surface area (Å²) in [6, 6.07) is 5.23. The number of nitrogens with zero attached hydrogens (tertiary/aromatic N) is 2. The van der Waals surface area contributed by atoms with Crippen molar-refractivity contribution in [1.82, 2.24) is 9.97 Å². The zero-order valence-electron chi connectivity index (χ0n) is 11.2. The lowest BCUT2D eigenvalue weighted by atomic mass is 10.2. The summed E-state index contributed by atoms with van der Waals surface area (Å²) < 4.78 is 10.9. The van der Waals surface area contributed by atoms with Crippen LogP contribution in [0.4, 0.5) is 0 Å². The number of aryl methyl sites for hydroxylation is 2. The molecular formula is C14H16N2O3. The molecule has 2 aromatic rings. The topological polar surface area (TPSA) is 64.5 Å². The smallest absolute Gasteiger partial charge is 0.238 e. The molecule has 2 rings (SSSR count). The molecule has 0 spiro atoms. The summed E-state index contributed by atoms with van der Waals surface area (Å²) in [4.78, 5) is 8.49. The number of ether oxygens (including phenoxy) is 2. The van der Waals surface area contributed by atoms with Crippen molar-refractivity contribution in [3.8, 4) is 17.4 Å². The second-order valence-electron chi connectivity index (χ2n) is 4.12. The fourth-order valence-electron chi connectivity index (χ4n) is 1.58. The van der Waals surface area contributed by atoms with Crippen LogP contribution in [0.25, 0.3) is 0 Å². The summed E-state index contributed by atoms with van der Waals surface area (Å²) in [5, 5.41) is 9.09. The molecule has 19 heavy (non-hydrogen) atoms. The average Bonchev–Trinajstić information content (AvgIpc) is 2.43. The number of rotatable bonds is 4. The van der Waals surface area contributed by atoms with Gasteiger partial charge in [0, 0.05) is 0 Å². The first-order chi connectivity index (χ1) is 9.13. The fourth-order valence-corrected chi connectivity index (χ4v) is 1.58. The van der Waals surface area contributed by atoms with Crippen molar-refractivity contribution in [3.05, 3.63) is 41.3 Å². The Morgan fingerprint density at radius 1 is 1.16 bits per heavy atom. The van der Waals surface area contributed by atoms with Gasteiger partial charge in [-0.3, -0.25) is 4.98 Å². The predicted octanol–water partition coefficient (Wildman–Crippen LogP) is 2.39. The second-order valence-corrected chi connectivity index (χ2v) is 4.12. The van der Waals surface area contributed by atoms with E-state index in [4.69, 9.17) is 14.6 Å². The van der Waals surface area contributed by atoms with Crippen molar-refractivity contribution in [3.63, 3.8) is 0 Å². The first kappa shape index (κ1) is 13.3. The van der Waals surface area contributed by atoms with Gasteiger partial charge in [-0.05, 0) is 31.5 Å². The molecule has 0 fully saturated rings. The number of aliphatic hydroxyl groups excluding tert-OH is 1. The van der Waals surface area contributed by atoms with Crippen molar-refractivity contribution in [1.29, 1.82) is 0 Å². The van der Waals surface area contributed by atoms with Gasteiger partial charge in [-0.1, -0.05) is 6.07 Å². The van der Waals surface area contributed by atoms with Gasteiger partial charge in [0.05, 0.1) is 31.3 Å². The van der Waals surface area contributed by atoms with Crippen LogP contribution in [0.15, 0.2) is 24.4 Å². The van der Waals surface area contributed by atoms with Crippen LogP contribution in [0.3, 0.4) is 0 Å². The number of benzene rings is 1. The van der Waals surface area contributed by atoms with Crippen molar-refractivity contribution in [2.45, 2.75) is 20.5 Å². The highest BCUT2D eigenvalue weighted by Crippen LogP contribution is 2.31. The SMILES string of the molecule is COc1cc(CO)ccc1Oc1cnc(C)c(C)n1. The molecule has 1 aromatic carbocycles. The lowest BCUT2D eigenvalue weighted by Gasteiger charge is -2.11. The van der Waals surface area contributed by atoms with Crippen LogP contribution in [-0.2, 0) is 6.61 Å². The zero-order valence-corrected chi connectivity index (χ0v) is 11.2. The Balaban J connectivity index is 2.29. The minimum Gasteiger partial charge on any atom is -0.493 e. The lowest BCUT2D eigenvalue weighted by Crippen LogP contribution is -1.97. The molecule has 5 heteroatoms. The Hall–Kier alpha value is -2.14. The second kappa shape index (κ2) is 5.67. The van der Waals surface area contributed by atoms with E-state index < -0.39 is 0 Å². The molecular weight excluding hydrogens is 244 g/mol. The van der Waals surface area contributed by atoms with E-state index in [0.717, 1.165) is 17.0 Å². The van der Waals surface area contributed by atoms with E-state index in [9.17, 15) is 0 Å². The molecule has 0 saturated heterocycles. The van der Waals surface area contributed by atoms with Gasteiger partial charge in [-0.25, -0.2) is 4.98 Å². The molecule has 1 N–H and O–H groups in total. The van der Waals surface area contributed by atoms with Gasteiger partial charge in [0.25, 0.3) is 0 Å². The Morgan fingerprint density at radius 3 is 2.58 bits per heavy atom. The van der Waals surface area contributed by atoms with Crippen molar-refractivity contribution < 1.29 is 14.6 Å². The van der Waals surface area contributed by atoms with Gasteiger partial charge in [-0.15, -0.1) is 0 Å². The van der Waals surface area contributed by atoms with Gasteiger partial charge in [0.2, 0.25) is 5.88 Å². The van der Waals surface area contributed by atoms with Crippen molar-refractivity contribution in [2.24, 2.45) is 0 Å². The Labute approximate surface area is 111 Å². The van der Waals surface area contributed by atoms with Crippen molar-refractivity contribution >= 4 is 0 Å². The summed E-state index contributed by atoms with van der Waals surface area (Å²) >= 11 is 0. The minimum absolute atomic E-state index is 0.0416. The summed E-state index contributed by atoms with van der Waals surface area (Å²) in [6.45, 7) is 3.73. The summed E-state index contributed by atoms with van der Waals surface area (Å²) in [6.07, 6.45) is 1.57. The standard InChI is InChI=1S/C14H16N2O3/c1-9-10(2)16-14(7-15-9)19-12-5-4-11(8-17)6-13(12)18-3/h4-7,17H,8H2,1-3H3. The molecule has 0 unspecified atom stereocenters. The highest BCUT2D eigenvalue weighted by molar-refractivity contribution is 5.44. The largest absolute Gasteiger partial charge is 0.493 e. The minimum atomic E-state index is -0.0416. The number of hydrogen-bond donors (Lipinski definition) is 1. The highest BCUT2D eigenvalue weighted by Gasteiger charge is 2.08. The number of hydrogen-bond acceptors (Lipinski definition) is 5. The van der Waals surface area contributed by atoms with Crippen LogP contribution in [0.5, 0.6) is 17.4 Å². The Morgan fingerprint density at radius 2 is 1.95 bits per heavy atom. The van der Waals surface area contributed by atoms with Gasteiger partial charge in [0.15, 0.2) is 11.5 Å². The van der Waals surface area contributed by atoms with Gasteiger partial charge in [0.1, 0.15) is 0 Å². The molecule has 0 aliphatic carbocycles. The predicted molar refractivity (Wildman–Crippen MR) is 70.5 cm³/mol. The average molecular weight is 260 g/mol. The lowest BCUT2D eigenvalue weighted by molar-refractivity contribution is 0.280.